The number of fused-ring (bicyclic) bond motifs is 1. The number of ether oxygens (including phenoxy) is 1. The van der Waals surface area contributed by atoms with Crippen LogP contribution in [0.2, 0.25) is 0 Å². The Bertz CT molecular complexity index is 993. The zero-order valence-electron chi connectivity index (χ0n) is 14.7. The number of thiazole rings is 1. The van der Waals surface area contributed by atoms with Crippen molar-refractivity contribution in [3.8, 4) is 11.3 Å². The molecule has 0 fully saturated rings. The van der Waals surface area contributed by atoms with Crippen molar-refractivity contribution in [2.24, 2.45) is 0 Å². The molecule has 27 heavy (non-hydrogen) atoms. The molecule has 2 heterocycles. The van der Waals surface area contributed by atoms with Crippen LogP contribution >= 0.6 is 11.3 Å². The van der Waals surface area contributed by atoms with Gasteiger partial charge in [-0.15, -0.1) is 16.4 Å². The molecule has 1 aromatic carbocycles. The van der Waals surface area contributed by atoms with Crippen LogP contribution in [0.25, 0.3) is 16.2 Å². The second-order valence-electron chi connectivity index (χ2n) is 5.63. The first-order valence-electron chi connectivity index (χ1n) is 8.05. The van der Waals surface area contributed by atoms with E-state index >= 15 is 0 Å². The summed E-state index contributed by atoms with van der Waals surface area (Å²) in [4.78, 5) is 39.0. The van der Waals surface area contributed by atoms with Crippen molar-refractivity contribution in [3.05, 3.63) is 29.6 Å². The minimum atomic E-state index is -0.450. The van der Waals surface area contributed by atoms with E-state index in [-0.39, 0.29) is 30.6 Å². The van der Waals surface area contributed by atoms with Crippen LogP contribution in [0.4, 0.5) is 11.6 Å². The van der Waals surface area contributed by atoms with E-state index < -0.39 is 5.97 Å². The Hall–Kier alpha value is -3.27. The molecule has 140 valence electrons. The highest BCUT2D eigenvalue weighted by Crippen LogP contribution is 2.27. The van der Waals surface area contributed by atoms with Gasteiger partial charge in [-0.05, 0) is 12.1 Å². The van der Waals surface area contributed by atoms with Gasteiger partial charge in [0.2, 0.25) is 22.7 Å². The zero-order valence-corrected chi connectivity index (χ0v) is 15.5. The van der Waals surface area contributed by atoms with Crippen LogP contribution in [0.5, 0.6) is 0 Å². The number of benzene rings is 1. The largest absolute Gasteiger partial charge is 0.469 e. The highest BCUT2D eigenvalue weighted by Gasteiger charge is 2.14. The Morgan fingerprint density at radius 3 is 2.56 bits per heavy atom. The summed E-state index contributed by atoms with van der Waals surface area (Å²) in [7, 11) is 1.27. The Kier molecular flexibility index (Phi) is 5.46. The number of esters is 1. The van der Waals surface area contributed by atoms with Crippen LogP contribution in [0.1, 0.15) is 19.8 Å². The summed E-state index contributed by atoms with van der Waals surface area (Å²) in [6.07, 6.45) is -0.00650. The first-order chi connectivity index (χ1) is 13.0. The summed E-state index contributed by atoms with van der Waals surface area (Å²) in [5.41, 5.74) is 2.41. The third kappa shape index (κ3) is 4.47. The van der Waals surface area contributed by atoms with Crippen LogP contribution in [-0.4, -0.2) is 39.5 Å². The summed E-state index contributed by atoms with van der Waals surface area (Å²) in [6, 6.07) is 7.32. The molecule has 9 nitrogen and oxygen atoms in total. The van der Waals surface area contributed by atoms with Crippen molar-refractivity contribution in [2.75, 3.05) is 17.7 Å². The SMILES string of the molecule is COC(=O)CCC(=O)Nc1nc2scc(-c3ccc(NC(C)=O)cc3)n2n1. The van der Waals surface area contributed by atoms with Crippen LogP contribution < -0.4 is 10.6 Å². The quantitative estimate of drug-likeness (QED) is 0.627. The number of hydrogen-bond acceptors (Lipinski definition) is 7. The predicted octanol–water partition coefficient (Wildman–Crippen LogP) is 2.31. The molecular weight excluding hydrogens is 370 g/mol. The number of aromatic nitrogens is 3. The molecule has 0 atom stereocenters. The summed E-state index contributed by atoms with van der Waals surface area (Å²) in [5, 5.41) is 11.5. The number of amides is 2. The number of carbonyl (C=O) groups excluding carboxylic acids is 3. The van der Waals surface area contributed by atoms with Gasteiger partial charge in [0.15, 0.2) is 0 Å². The first-order valence-corrected chi connectivity index (χ1v) is 8.93. The average molecular weight is 387 g/mol. The second kappa shape index (κ2) is 7.96. The fourth-order valence-electron chi connectivity index (χ4n) is 2.37. The maximum Gasteiger partial charge on any atom is 0.306 e. The van der Waals surface area contributed by atoms with E-state index in [4.69, 9.17) is 0 Å². The molecule has 3 rings (SSSR count). The summed E-state index contributed by atoms with van der Waals surface area (Å²) in [6.45, 7) is 1.45. The number of hydrogen-bond donors (Lipinski definition) is 2. The van der Waals surface area contributed by atoms with E-state index in [9.17, 15) is 14.4 Å². The maximum absolute atomic E-state index is 11.9. The highest BCUT2D eigenvalue weighted by atomic mass is 32.1. The third-order valence-corrected chi connectivity index (χ3v) is 4.43. The van der Waals surface area contributed by atoms with Gasteiger partial charge >= 0.3 is 5.97 Å². The average Bonchev–Trinajstić information content (AvgIpc) is 3.20. The molecule has 0 aliphatic rings. The third-order valence-electron chi connectivity index (χ3n) is 3.62. The van der Waals surface area contributed by atoms with Crippen LogP contribution in [-0.2, 0) is 19.1 Å². The molecule has 0 unspecified atom stereocenters. The predicted molar refractivity (Wildman–Crippen MR) is 100 cm³/mol. The van der Waals surface area contributed by atoms with Gasteiger partial charge in [0, 0.05) is 30.0 Å². The molecule has 0 bridgehead atoms. The molecule has 0 aliphatic carbocycles. The van der Waals surface area contributed by atoms with Crippen LogP contribution in [0.3, 0.4) is 0 Å². The lowest BCUT2D eigenvalue weighted by Crippen LogP contribution is -2.14. The first kappa shape index (κ1) is 18.5. The Morgan fingerprint density at radius 1 is 1.15 bits per heavy atom. The van der Waals surface area contributed by atoms with Crippen molar-refractivity contribution in [3.63, 3.8) is 0 Å². The Labute approximate surface area is 158 Å². The molecule has 2 N–H and O–H groups in total. The number of rotatable bonds is 6. The Morgan fingerprint density at radius 2 is 1.89 bits per heavy atom. The second-order valence-corrected chi connectivity index (χ2v) is 6.47. The normalized spacial score (nSPS) is 10.6. The number of nitrogens with one attached hydrogen (secondary N) is 2. The van der Waals surface area contributed by atoms with E-state index in [1.807, 2.05) is 17.5 Å². The van der Waals surface area contributed by atoms with E-state index in [2.05, 4.69) is 25.5 Å². The summed E-state index contributed by atoms with van der Waals surface area (Å²) < 4.78 is 6.14. The van der Waals surface area contributed by atoms with Gasteiger partial charge < -0.3 is 10.1 Å². The van der Waals surface area contributed by atoms with E-state index in [0.29, 0.717) is 10.6 Å². The molecular formula is C17H17N5O4S. The monoisotopic (exact) mass is 387 g/mol. The van der Waals surface area contributed by atoms with Gasteiger partial charge in [0.25, 0.3) is 0 Å². The molecule has 10 heteroatoms. The number of carbonyl (C=O) groups is 3. The van der Waals surface area contributed by atoms with Gasteiger partial charge in [-0.3, -0.25) is 19.7 Å². The Balaban J connectivity index is 1.74. The highest BCUT2D eigenvalue weighted by molar-refractivity contribution is 7.15. The number of nitrogens with zero attached hydrogens (tertiary/aromatic N) is 3. The van der Waals surface area contributed by atoms with E-state index in [1.165, 1.54) is 25.4 Å². The van der Waals surface area contributed by atoms with Gasteiger partial charge in [-0.25, -0.2) is 4.52 Å². The van der Waals surface area contributed by atoms with Crippen molar-refractivity contribution < 1.29 is 19.1 Å². The van der Waals surface area contributed by atoms with E-state index in [0.717, 1.165) is 11.3 Å². The fraction of sp³-hybridized carbons (Fsp3) is 0.235. The van der Waals surface area contributed by atoms with Crippen molar-refractivity contribution in [1.29, 1.82) is 0 Å². The summed E-state index contributed by atoms with van der Waals surface area (Å²) in [5.74, 6) is -0.772. The van der Waals surface area contributed by atoms with Gasteiger partial charge in [-0.2, -0.15) is 4.98 Å². The van der Waals surface area contributed by atoms with Crippen LogP contribution in [0, 0.1) is 0 Å². The lowest BCUT2D eigenvalue weighted by molar-refractivity contribution is -0.141. The number of methoxy groups -OCH3 is 1. The molecule has 2 amide bonds. The zero-order chi connectivity index (χ0) is 19.4. The molecule has 0 saturated carbocycles. The van der Waals surface area contributed by atoms with Gasteiger partial charge in [-0.1, -0.05) is 12.1 Å². The number of anilines is 2. The van der Waals surface area contributed by atoms with Crippen molar-refractivity contribution in [1.82, 2.24) is 14.6 Å². The maximum atomic E-state index is 11.9. The van der Waals surface area contributed by atoms with Crippen molar-refractivity contribution in [2.45, 2.75) is 19.8 Å². The van der Waals surface area contributed by atoms with Gasteiger partial charge in [0.1, 0.15) is 0 Å². The van der Waals surface area contributed by atoms with Crippen LogP contribution in [0.15, 0.2) is 29.6 Å². The smallest absolute Gasteiger partial charge is 0.306 e. The fourth-order valence-corrected chi connectivity index (χ4v) is 3.20. The molecule has 0 radical (unpaired) electrons. The minimum absolute atomic E-state index is 0.00298. The minimum Gasteiger partial charge on any atom is -0.469 e. The standard InChI is InChI=1S/C17H17N5O4S/c1-10(23)18-12-5-3-11(4-6-12)13-9-27-17-20-16(21-22(13)17)19-14(24)7-8-15(25)26-2/h3-6,9H,7-8H2,1-2H3,(H,18,23)(H,19,21,24). The van der Waals surface area contributed by atoms with Gasteiger partial charge in [0.05, 0.1) is 19.2 Å². The lowest BCUT2D eigenvalue weighted by Gasteiger charge is -2.03. The molecule has 0 saturated heterocycles. The topological polar surface area (TPSA) is 115 Å². The molecule has 3 aromatic rings. The lowest BCUT2D eigenvalue weighted by atomic mass is 10.1. The molecule has 0 spiro atoms. The molecule has 0 aliphatic heterocycles. The van der Waals surface area contributed by atoms with E-state index in [1.54, 1.807) is 16.6 Å². The molecule has 2 aromatic heterocycles. The summed E-state index contributed by atoms with van der Waals surface area (Å²) >= 11 is 1.39. The van der Waals surface area contributed by atoms with Crippen molar-refractivity contribution >= 4 is 45.7 Å².